The average molecular weight is 334 g/mol. The van der Waals surface area contributed by atoms with Gasteiger partial charge in [-0.3, -0.25) is 4.79 Å². The van der Waals surface area contributed by atoms with Gasteiger partial charge in [0.2, 0.25) is 0 Å². The number of hydrogen-bond acceptors (Lipinski definition) is 2. The lowest BCUT2D eigenvalue weighted by atomic mass is 10.1. The molecule has 0 radical (unpaired) electrons. The van der Waals surface area contributed by atoms with Crippen LogP contribution in [0.2, 0.25) is 0 Å². The normalized spacial score (nSPS) is 10.1. The molecule has 0 aliphatic heterocycles. The molecule has 1 amide bonds. The summed E-state index contributed by atoms with van der Waals surface area (Å²) in [5, 5.41) is 11.7. The highest BCUT2D eigenvalue weighted by molar-refractivity contribution is 9.10. The van der Waals surface area contributed by atoms with Crippen LogP contribution in [-0.2, 0) is 0 Å². The molecule has 20 heavy (non-hydrogen) atoms. The van der Waals surface area contributed by atoms with Gasteiger partial charge in [0.15, 0.2) is 0 Å². The Morgan fingerprint density at radius 2 is 1.75 bits per heavy atom. The van der Waals surface area contributed by atoms with Gasteiger partial charge in [-0.2, -0.15) is 0 Å². The fourth-order valence-electron chi connectivity index (χ4n) is 1.68. The number of nitrogens with one attached hydrogen (secondary N) is 1. The number of hydrogen-bond donors (Lipinski definition) is 2. The van der Waals surface area contributed by atoms with Crippen LogP contribution in [0.4, 0.5) is 5.69 Å². The molecule has 2 aromatic rings. The predicted molar refractivity (Wildman–Crippen MR) is 80.2 cm³/mol. The Bertz CT molecular complexity index is 665. The van der Waals surface area contributed by atoms with Crippen LogP contribution in [0.15, 0.2) is 46.9 Å². The molecule has 0 aliphatic carbocycles. The van der Waals surface area contributed by atoms with E-state index >= 15 is 0 Å². The van der Waals surface area contributed by atoms with Gasteiger partial charge in [0.1, 0.15) is 0 Å². The zero-order valence-electron chi connectivity index (χ0n) is 10.7. The fraction of sp³-hybridized carbons (Fsp3) is 0.0667. The number of carboxylic acid groups (broad SMARTS) is 1. The number of amides is 1. The Morgan fingerprint density at radius 3 is 2.35 bits per heavy atom. The van der Waals surface area contributed by atoms with Gasteiger partial charge in [0.25, 0.3) is 5.91 Å². The van der Waals surface area contributed by atoms with E-state index in [9.17, 15) is 9.59 Å². The second kappa shape index (κ2) is 5.88. The molecular formula is C15H12BrNO3. The van der Waals surface area contributed by atoms with Gasteiger partial charge in [-0.15, -0.1) is 0 Å². The molecule has 4 nitrogen and oxygen atoms in total. The zero-order valence-corrected chi connectivity index (χ0v) is 12.3. The number of carbonyl (C=O) groups excluding carboxylic acids is 1. The molecule has 0 unspecified atom stereocenters. The standard InChI is InChI=1S/C15H12BrNO3/c1-9-2-4-10(5-3-9)14(18)17-11-6-7-13(16)12(8-11)15(19)20/h2-8H,1H3,(H,17,18)(H,19,20). The second-order valence-electron chi connectivity index (χ2n) is 4.32. The summed E-state index contributed by atoms with van der Waals surface area (Å²) in [7, 11) is 0. The van der Waals surface area contributed by atoms with E-state index in [0.29, 0.717) is 15.7 Å². The Kier molecular flexibility index (Phi) is 4.20. The third-order valence-electron chi connectivity index (χ3n) is 2.77. The van der Waals surface area contributed by atoms with E-state index in [0.717, 1.165) is 5.56 Å². The van der Waals surface area contributed by atoms with Crippen LogP contribution in [0.1, 0.15) is 26.3 Å². The minimum Gasteiger partial charge on any atom is -0.478 e. The Labute approximate surface area is 124 Å². The third kappa shape index (κ3) is 3.24. The smallest absolute Gasteiger partial charge is 0.336 e. The van der Waals surface area contributed by atoms with E-state index in [1.807, 2.05) is 19.1 Å². The van der Waals surface area contributed by atoms with E-state index in [1.54, 1.807) is 24.3 Å². The molecule has 0 fully saturated rings. The minimum atomic E-state index is -1.05. The maximum atomic E-state index is 12.0. The number of carboxylic acids is 1. The van der Waals surface area contributed by atoms with Gasteiger partial charge >= 0.3 is 5.97 Å². The van der Waals surface area contributed by atoms with Gasteiger partial charge in [0, 0.05) is 15.7 Å². The molecule has 2 N–H and O–H groups in total. The predicted octanol–water partition coefficient (Wildman–Crippen LogP) is 3.71. The fourth-order valence-corrected chi connectivity index (χ4v) is 2.09. The van der Waals surface area contributed by atoms with Crippen LogP contribution in [0, 0.1) is 6.92 Å². The molecule has 102 valence electrons. The average Bonchev–Trinajstić information content (AvgIpc) is 2.41. The van der Waals surface area contributed by atoms with Crippen molar-refractivity contribution in [2.24, 2.45) is 0 Å². The van der Waals surface area contributed by atoms with Crippen molar-refractivity contribution in [1.82, 2.24) is 0 Å². The number of aromatic carboxylic acids is 1. The topological polar surface area (TPSA) is 66.4 Å². The lowest BCUT2D eigenvalue weighted by Gasteiger charge is -2.07. The molecule has 2 aromatic carbocycles. The van der Waals surface area contributed by atoms with Gasteiger partial charge in [-0.25, -0.2) is 4.79 Å². The lowest BCUT2D eigenvalue weighted by molar-refractivity contribution is 0.0695. The van der Waals surface area contributed by atoms with Crippen LogP contribution >= 0.6 is 15.9 Å². The van der Waals surface area contributed by atoms with E-state index in [4.69, 9.17) is 5.11 Å². The van der Waals surface area contributed by atoms with Crippen molar-refractivity contribution in [2.45, 2.75) is 6.92 Å². The number of aryl methyl sites for hydroxylation is 1. The molecule has 0 saturated heterocycles. The second-order valence-corrected chi connectivity index (χ2v) is 5.17. The van der Waals surface area contributed by atoms with E-state index in [-0.39, 0.29) is 11.5 Å². The largest absolute Gasteiger partial charge is 0.478 e. The highest BCUT2D eigenvalue weighted by Crippen LogP contribution is 2.21. The highest BCUT2D eigenvalue weighted by Gasteiger charge is 2.11. The van der Waals surface area contributed by atoms with Gasteiger partial charge in [0.05, 0.1) is 5.56 Å². The van der Waals surface area contributed by atoms with Gasteiger partial charge < -0.3 is 10.4 Å². The summed E-state index contributed by atoms with van der Waals surface area (Å²) in [4.78, 5) is 23.0. The monoisotopic (exact) mass is 333 g/mol. The lowest BCUT2D eigenvalue weighted by Crippen LogP contribution is -2.12. The Morgan fingerprint density at radius 1 is 1.10 bits per heavy atom. The summed E-state index contributed by atoms with van der Waals surface area (Å²) in [5.41, 5.74) is 2.14. The first-order chi connectivity index (χ1) is 9.47. The van der Waals surface area contributed by atoms with Crippen LogP contribution in [0.5, 0.6) is 0 Å². The summed E-state index contributed by atoms with van der Waals surface area (Å²) in [6.45, 7) is 1.94. The van der Waals surface area contributed by atoms with Crippen LogP contribution in [-0.4, -0.2) is 17.0 Å². The maximum absolute atomic E-state index is 12.0. The summed E-state index contributed by atoms with van der Waals surface area (Å²) in [6, 6.07) is 11.8. The van der Waals surface area contributed by atoms with E-state index < -0.39 is 5.97 Å². The van der Waals surface area contributed by atoms with Crippen molar-refractivity contribution >= 4 is 33.5 Å². The first-order valence-electron chi connectivity index (χ1n) is 5.88. The van der Waals surface area contributed by atoms with Crippen LogP contribution in [0.3, 0.4) is 0 Å². The molecule has 0 atom stereocenters. The quantitative estimate of drug-likeness (QED) is 0.899. The van der Waals surface area contributed by atoms with Crippen molar-refractivity contribution < 1.29 is 14.7 Å². The molecule has 0 saturated carbocycles. The summed E-state index contributed by atoms with van der Waals surface area (Å²) < 4.78 is 0.471. The molecular weight excluding hydrogens is 322 g/mol. The minimum absolute atomic E-state index is 0.103. The molecule has 0 aliphatic rings. The van der Waals surface area contributed by atoms with Crippen molar-refractivity contribution in [3.8, 4) is 0 Å². The van der Waals surface area contributed by atoms with Gasteiger partial charge in [-0.1, -0.05) is 17.7 Å². The third-order valence-corrected chi connectivity index (χ3v) is 3.46. The highest BCUT2D eigenvalue weighted by atomic mass is 79.9. The molecule has 0 aromatic heterocycles. The SMILES string of the molecule is Cc1ccc(C(=O)Nc2ccc(Br)c(C(=O)O)c2)cc1. The number of anilines is 1. The number of rotatable bonds is 3. The summed E-state index contributed by atoms with van der Waals surface area (Å²) >= 11 is 3.16. The Balaban J connectivity index is 2.21. The Hall–Kier alpha value is -2.14. The first-order valence-corrected chi connectivity index (χ1v) is 6.67. The molecule has 0 bridgehead atoms. The molecule has 2 rings (SSSR count). The number of benzene rings is 2. The van der Waals surface area contributed by atoms with E-state index in [1.165, 1.54) is 6.07 Å². The van der Waals surface area contributed by atoms with Crippen LogP contribution < -0.4 is 5.32 Å². The summed E-state index contributed by atoms with van der Waals surface area (Å²) in [5.74, 6) is -1.33. The van der Waals surface area contributed by atoms with Crippen LogP contribution in [0.25, 0.3) is 0 Å². The van der Waals surface area contributed by atoms with Gasteiger partial charge in [-0.05, 0) is 53.2 Å². The number of carbonyl (C=O) groups is 2. The van der Waals surface area contributed by atoms with Crippen molar-refractivity contribution in [3.63, 3.8) is 0 Å². The molecule has 5 heteroatoms. The van der Waals surface area contributed by atoms with Crippen molar-refractivity contribution in [2.75, 3.05) is 5.32 Å². The first kappa shape index (κ1) is 14.3. The maximum Gasteiger partial charge on any atom is 0.336 e. The number of halogens is 1. The molecule has 0 spiro atoms. The summed E-state index contributed by atoms with van der Waals surface area (Å²) in [6.07, 6.45) is 0. The zero-order chi connectivity index (χ0) is 14.7. The molecule has 0 heterocycles. The van der Waals surface area contributed by atoms with Crippen molar-refractivity contribution in [3.05, 3.63) is 63.6 Å². The van der Waals surface area contributed by atoms with Crippen molar-refractivity contribution in [1.29, 1.82) is 0 Å². The van der Waals surface area contributed by atoms with E-state index in [2.05, 4.69) is 21.2 Å².